The molecular formula is C13H17N3OS. The number of nitrogens with one attached hydrogen (secondary N) is 1. The zero-order chi connectivity index (χ0) is 13.0. The van der Waals surface area contributed by atoms with E-state index < -0.39 is 0 Å². The van der Waals surface area contributed by atoms with Crippen LogP contribution >= 0.6 is 11.3 Å². The van der Waals surface area contributed by atoms with Crippen LogP contribution in [0.15, 0.2) is 24.4 Å². The molecule has 2 aromatic heterocycles. The highest BCUT2D eigenvalue weighted by Gasteiger charge is 2.10. The van der Waals surface area contributed by atoms with Gasteiger partial charge in [0, 0.05) is 17.1 Å². The van der Waals surface area contributed by atoms with Crippen LogP contribution in [-0.4, -0.2) is 17.1 Å². The predicted octanol–water partition coefficient (Wildman–Crippen LogP) is 3.28. The van der Waals surface area contributed by atoms with Crippen molar-refractivity contribution in [2.75, 3.05) is 12.4 Å². The van der Waals surface area contributed by atoms with Crippen molar-refractivity contribution in [3.63, 3.8) is 0 Å². The number of ether oxygens (including phenoxy) is 1. The monoisotopic (exact) mass is 263 g/mol. The molecular weight excluding hydrogens is 246 g/mol. The van der Waals surface area contributed by atoms with Crippen molar-refractivity contribution in [3.05, 3.63) is 34.3 Å². The number of thiazole rings is 1. The molecule has 5 heteroatoms. The van der Waals surface area contributed by atoms with Crippen LogP contribution in [0.5, 0.6) is 5.88 Å². The molecule has 0 fully saturated rings. The summed E-state index contributed by atoms with van der Waals surface area (Å²) in [7, 11) is 1.61. The van der Waals surface area contributed by atoms with Crippen molar-refractivity contribution in [3.8, 4) is 5.88 Å². The van der Waals surface area contributed by atoms with Gasteiger partial charge in [-0.3, -0.25) is 0 Å². The fourth-order valence-corrected chi connectivity index (χ4v) is 2.44. The molecule has 0 aliphatic heterocycles. The first-order valence-electron chi connectivity index (χ1n) is 5.95. The average Bonchev–Trinajstić information content (AvgIpc) is 2.88. The first-order valence-corrected chi connectivity index (χ1v) is 6.76. The van der Waals surface area contributed by atoms with Crippen molar-refractivity contribution in [1.29, 1.82) is 0 Å². The maximum atomic E-state index is 5.10. The maximum Gasteiger partial charge on any atom is 0.214 e. The number of methoxy groups -OCH3 is 1. The van der Waals surface area contributed by atoms with Crippen molar-refractivity contribution < 1.29 is 4.74 Å². The van der Waals surface area contributed by atoms with Gasteiger partial charge >= 0.3 is 0 Å². The van der Waals surface area contributed by atoms with Gasteiger partial charge in [-0.2, -0.15) is 4.98 Å². The topological polar surface area (TPSA) is 47.0 Å². The number of hydrogen-bond donors (Lipinski definition) is 1. The zero-order valence-electron chi connectivity index (χ0n) is 10.8. The van der Waals surface area contributed by atoms with Crippen LogP contribution in [0, 0.1) is 0 Å². The molecule has 0 aromatic carbocycles. The molecule has 1 N–H and O–H groups in total. The molecule has 0 aliphatic rings. The van der Waals surface area contributed by atoms with Crippen molar-refractivity contribution in [2.45, 2.75) is 26.3 Å². The van der Waals surface area contributed by atoms with E-state index in [4.69, 9.17) is 4.74 Å². The first-order chi connectivity index (χ1) is 8.72. The van der Waals surface area contributed by atoms with Gasteiger partial charge in [0.2, 0.25) is 5.88 Å². The van der Waals surface area contributed by atoms with E-state index in [1.54, 1.807) is 18.4 Å². The van der Waals surface area contributed by atoms with Crippen LogP contribution in [0.3, 0.4) is 0 Å². The van der Waals surface area contributed by atoms with Gasteiger partial charge in [0.25, 0.3) is 0 Å². The minimum Gasteiger partial charge on any atom is -0.481 e. The molecule has 0 aliphatic carbocycles. The smallest absolute Gasteiger partial charge is 0.214 e. The van der Waals surface area contributed by atoms with Gasteiger partial charge in [0.1, 0.15) is 10.8 Å². The minimum atomic E-state index is 0.148. The number of pyridine rings is 1. The van der Waals surface area contributed by atoms with Gasteiger partial charge in [-0.15, -0.1) is 11.3 Å². The quantitative estimate of drug-likeness (QED) is 0.899. The Labute approximate surface area is 111 Å². The van der Waals surface area contributed by atoms with Gasteiger partial charge in [-0.25, -0.2) is 4.98 Å². The van der Waals surface area contributed by atoms with Gasteiger partial charge in [0.05, 0.1) is 13.2 Å². The molecule has 1 unspecified atom stereocenters. The third-order valence-electron chi connectivity index (χ3n) is 2.59. The lowest BCUT2D eigenvalue weighted by molar-refractivity contribution is 0.398. The maximum absolute atomic E-state index is 5.10. The number of rotatable bonds is 5. The van der Waals surface area contributed by atoms with E-state index in [0.29, 0.717) is 5.88 Å². The molecule has 4 nitrogen and oxygen atoms in total. The van der Waals surface area contributed by atoms with Gasteiger partial charge in [0.15, 0.2) is 0 Å². The molecule has 1 atom stereocenters. The summed E-state index contributed by atoms with van der Waals surface area (Å²) in [5.41, 5.74) is 0. The predicted molar refractivity (Wildman–Crippen MR) is 74.3 cm³/mol. The van der Waals surface area contributed by atoms with Crippen LogP contribution in [0.2, 0.25) is 0 Å². The molecule has 0 saturated carbocycles. The van der Waals surface area contributed by atoms with Crippen LogP contribution < -0.4 is 10.1 Å². The van der Waals surface area contributed by atoms with Gasteiger partial charge in [-0.1, -0.05) is 13.0 Å². The van der Waals surface area contributed by atoms with Gasteiger partial charge in [-0.05, 0) is 19.4 Å². The van der Waals surface area contributed by atoms with E-state index in [9.17, 15) is 0 Å². The molecule has 0 saturated heterocycles. The van der Waals surface area contributed by atoms with E-state index in [1.165, 1.54) is 4.88 Å². The lowest BCUT2D eigenvalue weighted by atomic mass is 10.3. The Morgan fingerprint density at radius 2 is 2.28 bits per heavy atom. The molecule has 0 bridgehead atoms. The molecule has 18 heavy (non-hydrogen) atoms. The Morgan fingerprint density at radius 1 is 1.44 bits per heavy atom. The summed E-state index contributed by atoms with van der Waals surface area (Å²) in [5, 5.41) is 4.41. The fourth-order valence-electron chi connectivity index (χ4n) is 1.58. The molecule has 96 valence electrons. The standard InChI is InChI=1S/C13H17N3OS/c1-4-10-8-14-13(18-10)9(2)15-11-6-5-7-12(16-11)17-3/h5-9H,4H2,1-3H3,(H,15,16). The Morgan fingerprint density at radius 3 is 2.94 bits per heavy atom. The number of hydrogen-bond acceptors (Lipinski definition) is 5. The van der Waals surface area contributed by atoms with E-state index in [1.807, 2.05) is 24.4 Å². The lowest BCUT2D eigenvalue weighted by Crippen LogP contribution is -2.07. The second-order valence-electron chi connectivity index (χ2n) is 3.95. The third kappa shape index (κ3) is 2.98. The Balaban J connectivity index is 2.08. The van der Waals surface area contributed by atoms with Crippen LogP contribution in [-0.2, 0) is 6.42 Å². The summed E-state index contributed by atoms with van der Waals surface area (Å²) < 4.78 is 5.10. The summed E-state index contributed by atoms with van der Waals surface area (Å²) in [5.74, 6) is 1.41. The lowest BCUT2D eigenvalue weighted by Gasteiger charge is -2.12. The van der Waals surface area contributed by atoms with Gasteiger partial charge < -0.3 is 10.1 Å². The van der Waals surface area contributed by atoms with Crippen molar-refractivity contribution >= 4 is 17.2 Å². The minimum absolute atomic E-state index is 0.148. The summed E-state index contributed by atoms with van der Waals surface area (Å²) in [4.78, 5) is 10.1. The number of anilines is 1. The Bertz CT molecular complexity index is 512. The summed E-state index contributed by atoms with van der Waals surface area (Å²) in [6, 6.07) is 5.82. The molecule has 0 amide bonds. The first kappa shape index (κ1) is 12.8. The van der Waals surface area contributed by atoms with E-state index in [2.05, 4.69) is 29.1 Å². The second-order valence-corrected chi connectivity index (χ2v) is 5.10. The molecule has 2 aromatic rings. The highest BCUT2D eigenvalue weighted by molar-refractivity contribution is 7.11. The Hall–Kier alpha value is -1.62. The van der Waals surface area contributed by atoms with Crippen LogP contribution in [0.4, 0.5) is 5.82 Å². The SMILES string of the molecule is CCc1cnc(C(C)Nc2cccc(OC)n2)s1. The van der Waals surface area contributed by atoms with E-state index in [-0.39, 0.29) is 6.04 Å². The van der Waals surface area contributed by atoms with Crippen LogP contribution in [0.1, 0.15) is 29.8 Å². The highest BCUT2D eigenvalue weighted by atomic mass is 32.1. The Kier molecular flexibility index (Phi) is 4.15. The number of aromatic nitrogens is 2. The summed E-state index contributed by atoms with van der Waals surface area (Å²) in [6.45, 7) is 4.22. The molecule has 0 spiro atoms. The molecule has 2 heterocycles. The zero-order valence-corrected chi connectivity index (χ0v) is 11.6. The van der Waals surface area contributed by atoms with E-state index in [0.717, 1.165) is 17.2 Å². The highest BCUT2D eigenvalue weighted by Crippen LogP contribution is 2.23. The second kappa shape index (κ2) is 5.82. The van der Waals surface area contributed by atoms with Crippen LogP contribution in [0.25, 0.3) is 0 Å². The number of aryl methyl sites for hydroxylation is 1. The molecule has 0 radical (unpaired) electrons. The molecule has 2 rings (SSSR count). The van der Waals surface area contributed by atoms with E-state index >= 15 is 0 Å². The summed E-state index contributed by atoms with van der Waals surface area (Å²) in [6.07, 6.45) is 2.97. The normalized spacial score (nSPS) is 12.2. The fraction of sp³-hybridized carbons (Fsp3) is 0.385. The van der Waals surface area contributed by atoms with Crippen molar-refractivity contribution in [1.82, 2.24) is 9.97 Å². The largest absolute Gasteiger partial charge is 0.481 e. The third-order valence-corrected chi connectivity index (χ3v) is 3.91. The van der Waals surface area contributed by atoms with Crippen molar-refractivity contribution in [2.24, 2.45) is 0 Å². The summed E-state index contributed by atoms with van der Waals surface area (Å²) >= 11 is 1.74. The average molecular weight is 263 g/mol. The number of nitrogens with zero attached hydrogens (tertiary/aromatic N) is 2.